The first-order chi connectivity index (χ1) is 12.3. The van der Waals surface area contributed by atoms with Crippen LogP contribution in [-0.2, 0) is 4.74 Å². The average molecular weight is 340 g/mol. The SMILES string of the molecule is Cc1ccc(N2CCC3OCCCC3(COc3ccccn3)C2)nn1. The lowest BCUT2D eigenvalue weighted by Crippen LogP contribution is -2.57. The Morgan fingerprint density at radius 1 is 1.28 bits per heavy atom. The van der Waals surface area contributed by atoms with Crippen LogP contribution in [0.15, 0.2) is 36.5 Å². The first-order valence-electron chi connectivity index (χ1n) is 8.96. The van der Waals surface area contributed by atoms with Crippen molar-refractivity contribution in [2.45, 2.75) is 32.3 Å². The van der Waals surface area contributed by atoms with Crippen LogP contribution >= 0.6 is 0 Å². The van der Waals surface area contributed by atoms with Gasteiger partial charge in [0.25, 0.3) is 0 Å². The highest BCUT2D eigenvalue weighted by Crippen LogP contribution is 2.41. The van der Waals surface area contributed by atoms with E-state index in [-0.39, 0.29) is 11.5 Å². The van der Waals surface area contributed by atoms with Gasteiger partial charge in [0, 0.05) is 37.4 Å². The first-order valence-corrected chi connectivity index (χ1v) is 8.96. The molecule has 6 heteroatoms. The molecule has 2 fully saturated rings. The normalized spacial score (nSPS) is 26.1. The Balaban J connectivity index is 1.53. The van der Waals surface area contributed by atoms with Gasteiger partial charge in [0.15, 0.2) is 5.82 Å². The second kappa shape index (κ2) is 6.96. The van der Waals surface area contributed by atoms with Gasteiger partial charge in [0.05, 0.1) is 18.4 Å². The number of piperidine rings is 1. The summed E-state index contributed by atoms with van der Waals surface area (Å²) >= 11 is 0. The van der Waals surface area contributed by atoms with Crippen molar-refractivity contribution < 1.29 is 9.47 Å². The highest BCUT2D eigenvalue weighted by atomic mass is 16.5. The average Bonchev–Trinajstić information content (AvgIpc) is 2.67. The van der Waals surface area contributed by atoms with Crippen molar-refractivity contribution in [1.82, 2.24) is 15.2 Å². The number of pyridine rings is 1. The van der Waals surface area contributed by atoms with E-state index in [1.807, 2.05) is 31.2 Å². The molecule has 2 aromatic rings. The fraction of sp³-hybridized carbons (Fsp3) is 0.526. The molecule has 0 saturated carbocycles. The van der Waals surface area contributed by atoms with Gasteiger partial charge in [-0.15, -0.1) is 5.10 Å². The molecular formula is C19H24N4O2. The molecule has 0 aliphatic carbocycles. The Bertz CT molecular complexity index is 694. The lowest BCUT2D eigenvalue weighted by molar-refractivity contribution is -0.110. The maximum Gasteiger partial charge on any atom is 0.213 e. The number of rotatable bonds is 4. The zero-order valence-electron chi connectivity index (χ0n) is 14.6. The van der Waals surface area contributed by atoms with Crippen molar-refractivity contribution in [2.75, 3.05) is 31.2 Å². The van der Waals surface area contributed by atoms with E-state index < -0.39 is 0 Å². The quantitative estimate of drug-likeness (QED) is 0.853. The van der Waals surface area contributed by atoms with Crippen LogP contribution in [0.25, 0.3) is 0 Å². The minimum absolute atomic E-state index is 0.0272. The molecule has 0 amide bonds. The fourth-order valence-electron chi connectivity index (χ4n) is 3.91. The topological polar surface area (TPSA) is 60.4 Å². The third-order valence-electron chi connectivity index (χ3n) is 5.24. The Kier molecular flexibility index (Phi) is 4.53. The number of hydrogen-bond acceptors (Lipinski definition) is 6. The summed E-state index contributed by atoms with van der Waals surface area (Å²) in [6, 6.07) is 9.82. The van der Waals surface area contributed by atoms with Gasteiger partial charge in [0.1, 0.15) is 0 Å². The van der Waals surface area contributed by atoms with Gasteiger partial charge in [0.2, 0.25) is 5.88 Å². The lowest BCUT2D eigenvalue weighted by Gasteiger charge is -2.50. The summed E-state index contributed by atoms with van der Waals surface area (Å²) in [5.41, 5.74) is 0.911. The number of fused-ring (bicyclic) bond motifs is 1. The molecule has 2 aromatic heterocycles. The van der Waals surface area contributed by atoms with E-state index in [1.165, 1.54) is 0 Å². The maximum atomic E-state index is 6.11. The second-order valence-electron chi connectivity index (χ2n) is 7.03. The second-order valence-corrected chi connectivity index (χ2v) is 7.03. The summed E-state index contributed by atoms with van der Waals surface area (Å²) in [4.78, 5) is 6.60. The number of nitrogens with zero attached hydrogens (tertiary/aromatic N) is 4. The lowest BCUT2D eigenvalue weighted by atomic mass is 9.73. The van der Waals surface area contributed by atoms with Crippen molar-refractivity contribution in [2.24, 2.45) is 5.41 Å². The summed E-state index contributed by atoms with van der Waals surface area (Å²) in [6.07, 6.45) is 5.15. The minimum Gasteiger partial charge on any atom is -0.477 e. The van der Waals surface area contributed by atoms with Crippen LogP contribution in [0.5, 0.6) is 5.88 Å². The van der Waals surface area contributed by atoms with Crippen LogP contribution in [0.2, 0.25) is 0 Å². The van der Waals surface area contributed by atoms with Crippen LogP contribution in [0, 0.1) is 12.3 Å². The molecule has 0 N–H and O–H groups in total. The van der Waals surface area contributed by atoms with Crippen LogP contribution < -0.4 is 9.64 Å². The molecule has 4 heterocycles. The molecule has 0 spiro atoms. The summed E-state index contributed by atoms with van der Waals surface area (Å²) in [5.74, 6) is 1.61. The van der Waals surface area contributed by atoms with Crippen molar-refractivity contribution in [3.63, 3.8) is 0 Å². The molecule has 25 heavy (non-hydrogen) atoms. The maximum absolute atomic E-state index is 6.11. The van der Waals surface area contributed by atoms with E-state index >= 15 is 0 Å². The zero-order chi connectivity index (χ0) is 17.1. The van der Waals surface area contributed by atoms with Crippen molar-refractivity contribution >= 4 is 5.82 Å². The van der Waals surface area contributed by atoms with Gasteiger partial charge in [-0.3, -0.25) is 0 Å². The van der Waals surface area contributed by atoms with E-state index in [1.54, 1.807) is 6.20 Å². The summed E-state index contributed by atoms with van der Waals surface area (Å²) in [7, 11) is 0. The standard InChI is InChI=1S/C19H24N4O2/c1-15-6-7-17(22-21-15)23-11-8-16-19(13-23,9-4-12-24-16)14-25-18-5-2-3-10-20-18/h2-3,5-7,10,16H,4,8-9,11-14H2,1H3. The van der Waals surface area contributed by atoms with E-state index in [4.69, 9.17) is 9.47 Å². The van der Waals surface area contributed by atoms with Crippen LogP contribution in [0.3, 0.4) is 0 Å². The summed E-state index contributed by atoms with van der Waals surface area (Å²) < 4.78 is 12.2. The molecule has 6 nitrogen and oxygen atoms in total. The third kappa shape index (κ3) is 3.44. The molecule has 0 aromatic carbocycles. The number of anilines is 1. The van der Waals surface area contributed by atoms with Crippen molar-refractivity contribution in [1.29, 1.82) is 0 Å². The van der Waals surface area contributed by atoms with Gasteiger partial charge >= 0.3 is 0 Å². The predicted octanol–water partition coefficient (Wildman–Crippen LogP) is 2.63. The van der Waals surface area contributed by atoms with Crippen molar-refractivity contribution in [3.05, 3.63) is 42.2 Å². The van der Waals surface area contributed by atoms with E-state index in [0.29, 0.717) is 12.5 Å². The van der Waals surface area contributed by atoms with Crippen LogP contribution in [-0.4, -0.2) is 47.6 Å². The molecule has 0 bridgehead atoms. The highest BCUT2D eigenvalue weighted by Gasteiger charge is 2.47. The zero-order valence-corrected chi connectivity index (χ0v) is 14.6. The Morgan fingerprint density at radius 3 is 3.04 bits per heavy atom. The molecule has 132 valence electrons. The third-order valence-corrected chi connectivity index (χ3v) is 5.24. The molecule has 2 unspecified atom stereocenters. The van der Waals surface area contributed by atoms with E-state index in [0.717, 1.165) is 50.5 Å². The predicted molar refractivity (Wildman–Crippen MR) is 94.7 cm³/mol. The monoisotopic (exact) mass is 340 g/mol. The summed E-state index contributed by atoms with van der Waals surface area (Å²) in [5, 5.41) is 8.58. The first kappa shape index (κ1) is 16.3. The fourth-order valence-corrected chi connectivity index (χ4v) is 3.91. The Hall–Kier alpha value is -2.21. The number of ether oxygens (including phenoxy) is 2. The minimum atomic E-state index is -0.0272. The molecule has 2 aliphatic rings. The molecule has 0 radical (unpaired) electrons. The van der Waals surface area contributed by atoms with Crippen LogP contribution in [0.4, 0.5) is 5.82 Å². The molecule has 2 saturated heterocycles. The molecule has 2 atom stereocenters. The van der Waals surface area contributed by atoms with Crippen LogP contribution in [0.1, 0.15) is 25.0 Å². The van der Waals surface area contributed by atoms with Gasteiger partial charge in [-0.25, -0.2) is 4.98 Å². The van der Waals surface area contributed by atoms with Gasteiger partial charge in [-0.1, -0.05) is 6.07 Å². The molecular weight excluding hydrogens is 316 g/mol. The largest absolute Gasteiger partial charge is 0.477 e. The van der Waals surface area contributed by atoms with Gasteiger partial charge in [-0.2, -0.15) is 5.10 Å². The smallest absolute Gasteiger partial charge is 0.213 e. The Morgan fingerprint density at radius 2 is 2.24 bits per heavy atom. The Labute approximate surface area is 148 Å². The number of hydrogen-bond donors (Lipinski definition) is 0. The highest BCUT2D eigenvalue weighted by molar-refractivity contribution is 5.39. The molecule has 4 rings (SSSR count). The van der Waals surface area contributed by atoms with E-state index in [2.05, 4.69) is 26.1 Å². The number of aromatic nitrogens is 3. The number of aryl methyl sites for hydroxylation is 1. The summed E-state index contributed by atoms with van der Waals surface area (Å²) in [6.45, 7) is 5.24. The van der Waals surface area contributed by atoms with E-state index in [9.17, 15) is 0 Å². The van der Waals surface area contributed by atoms with Crippen molar-refractivity contribution in [3.8, 4) is 5.88 Å². The van der Waals surface area contributed by atoms with Gasteiger partial charge in [-0.05, 0) is 44.4 Å². The molecule has 2 aliphatic heterocycles. The van der Waals surface area contributed by atoms with Gasteiger partial charge < -0.3 is 14.4 Å².